The van der Waals surface area contributed by atoms with Gasteiger partial charge in [0.1, 0.15) is 12.4 Å². The molecule has 1 heterocycles. The van der Waals surface area contributed by atoms with Crippen LogP contribution >= 0.6 is 0 Å². The number of nitrogens with zero attached hydrogens (tertiary/aromatic N) is 3. The van der Waals surface area contributed by atoms with E-state index in [1.54, 1.807) is 0 Å². The third-order valence-electron chi connectivity index (χ3n) is 8.89. The summed E-state index contributed by atoms with van der Waals surface area (Å²) in [6.07, 6.45) is 15.9. The van der Waals surface area contributed by atoms with Gasteiger partial charge in [0, 0.05) is 30.6 Å². The third kappa shape index (κ3) is 7.13. The zero-order valence-electron chi connectivity index (χ0n) is 24.2. The lowest BCUT2D eigenvalue weighted by Gasteiger charge is -2.42. The van der Waals surface area contributed by atoms with Crippen LogP contribution in [0.2, 0.25) is 0 Å². The van der Waals surface area contributed by atoms with Gasteiger partial charge in [-0.15, -0.1) is 0 Å². The first-order valence-corrected chi connectivity index (χ1v) is 15.7. The maximum absolute atomic E-state index is 14.1. The molecule has 214 valence electrons. The predicted molar refractivity (Wildman–Crippen MR) is 161 cm³/mol. The molecule has 0 atom stereocenters. The van der Waals surface area contributed by atoms with Crippen LogP contribution in [-0.2, 0) is 17.8 Å². The summed E-state index contributed by atoms with van der Waals surface area (Å²) in [5.74, 6) is 1.28. The van der Waals surface area contributed by atoms with Gasteiger partial charge < -0.3 is 14.8 Å². The number of fused-ring (bicyclic) bond motifs is 1. The van der Waals surface area contributed by atoms with Crippen LogP contribution in [0.15, 0.2) is 48.5 Å². The maximum atomic E-state index is 14.1. The average Bonchev–Trinajstić information content (AvgIpc) is 3.33. The largest absolute Gasteiger partial charge is 0.352 e. The molecular weight excluding hydrogens is 496 g/mol. The number of hydrogen-bond acceptors (Lipinski definition) is 3. The Balaban J connectivity index is 1.21. The van der Waals surface area contributed by atoms with Crippen LogP contribution in [0, 0.1) is 6.92 Å². The number of nitrogens with one attached hydrogen (secondary N) is 1. The highest BCUT2D eigenvalue weighted by molar-refractivity contribution is 5.94. The van der Waals surface area contributed by atoms with Crippen molar-refractivity contribution in [1.29, 1.82) is 0 Å². The fourth-order valence-corrected chi connectivity index (χ4v) is 6.81. The number of unbranched alkanes of at least 4 members (excludes halogenated alkanes) is 2. The first kappa shape index (κ1) is 28.4. The molecule has 2 aliphatic carbocycles. The van der Waals surface area contributed by atoms with E-state index in [4.69, 9.17) is 4.98 Å². The Labute approximate surface area is 239 Å². The lowest BCUT2D eigenvalue weighted by molar-refractivity contribution is -0.138. The number of para-hydroxylation sites is 2. The molecule has 0 bridgehead atoms. The number of carbonyl (C=O) groups is 2. The van der Waals surface area contributed by atoms with Crippen LogP contribution in [0.4, 0.5) is 0 Å². The van der Waals surface area contributed by atoms with E-state index in [0.29, 0.717) is 30.7 Å². The minimum atomic E-state index is -0.00973. The van der Waals surface area contributed by atoms with Crippen molar-refractivity contribution in [2.24, 2.45) is 0 Å². The number of imidazole rings is 1. The van der Waals surface area contributed by atoms with Crippen molar-refractivity contribution in [2.75, 3.05) is 6.54 Å². The van der Waals surface area contributed by atoms with E-state index in [1.165, 1.54) is 38.5 Å². The van der Waals surface area contributed by atoms with Crippen LogP contribution in [0.3, 0.4) is 0 Å². The van der Waals surface area contributed by atoms with Gasteiger partial charge in [-0.1, -0.05) is 74.8 Å². The van der Waals surface area contributed by atoms with Crippen molar-refractivity contribution < 1.29 is 9.59 Å². The van der Waals surface area contributed by atoms with E-state index >= 15 is 0 Å². The van der Waals surface area contributed by atoms with Crippen molar-refractivity contribution in [1.82, 2.24) is 19.8 Å². The zero-order valence-corrected chi connectivity index (χ0v) is 24.2. The Morgan fingerprint density at radius 1 is 0.875 bits per heavy atom. The van der Waals surface area contributed by atoms with Crippen molar-refractivity contribution in [2.45, 2.75) is 115 Å². The average molecular weight is 543 g/mol. The molecule has 2 fully saturated rings. The second kappa shape index (κ2) is 14.0. The second-order valence-electron chi connectivity index (χ2n) is 11.9. The molecule has 0 spiro atoms. The lowest BCUT2D eigenvalue weighted by Crippen LogP contribution is -2.50. The van der Waals surface area contributed by atoms with E-state index in [1.807, 2.05) is 43.3 Å². The molecule has 0 unspecified atom stereocenters. The lowest BCUT2D eigenvalue weighted by atomic mass is 9.88. The monoisotopic (exact) mass is 542 g/mol. The summed E-state index contributed by atoms with van der Waals surface area (Å²) < 4.78 is 2.19. The van der Waals surface area contributed by atoms with Crippen molar-refractivity contribution in [3.05, 3.63) is 65.5 Å². The third-order valence-corrected chi connectivity index (χ3v) is 8.89. The van der Waals surface area contributed by atoms with E-state index in [0.717, 1.165) is 73.8 Å². The van der Waals surface area contributed by atoms with E-state index in [9.17, 15) is 9.59 Å². The Hall–Kier alpha value is -3.15. The first-order valence-electron chi connectivity index (χ1n) is 15.7. The number of amides is 2. The highest BCUT2D eigenvalue weighted by Gasteiger charge is 2.33. The fourth-order valence-electron chi connectivity index (χ4n) is 6.81. The molecule has 0 aliphatic heterocycles. The molecule has 6 heteroatoms. The topological polar surface area (TPSA) is 67.2 Å². The molecule has 3 aromatic rings. The molecule has 2 amide bonds. The van der Waals surface area contributed by atoms with Crippen molar-refractivity contribution >= 4 is 22.8 Å². The summed E-state index contributed by atoms with van der Waals surface area (Å²) in [4.78, 5) is 33.8. The number of benzene rings is 2. The van der Waals surface area contributed by atoms with Gasteiger partial charge in [0.05, 0.1) is 11.0 Å². The Bertz CT molecular complexity index is 1250. The predicted octanol–water partition coefficient (Wildman–Crippen LogP) is 6.98. The normalized spacial score (nSPS) is 16.7. The van der Waals surface area contributed by atoms with Gasteiger partial charge in [0.25, 0.3) is 5.91 Å². The van der Waals surface area contributed by atoms with Crippen LogP contribution in [0.1, 0.15) is 105 Å². The van der Waals surface area contributed by atoms with Crippen LogP contribution < -0.4 is 5.32 Å². The molecule has 2 aliphatic rings. The molecule has 0 saturated heterocycles. The maximum Gasteiger partial charge on any atom is 0.251 e. The Kier molecular flexibility index (Phi) is 9.90. The van der Waals surface area contributed by atoms with Gasteiger partial charge in [-0.3, -0.25) is 9.59 Å². The van der Waals surface area contributed by atoms with Gasteiger partial charge >= 0.3 is 0 Å². The summed E-state index contributed by atoms with van der Waals surface area (Å²) >= 11 is 0. The highest BCUT2D eigenvalue weighted by Crippen LogP contribution is 2.31. The number of aromatic nitrogens is 2. The molecule has 6 nitrogen and oxygen atoms in total. The quantitative estimate of drug-likeness (QED) is 0.266. The summed E-state index contributed by atoms with van der Waals surface area (Å²) in [7, 11) is 0. The standard InChI is InChI=1S/C34H46N4O2/c1-26-14-13-15-27(24-26)34(40)35-23-12-4-9-22-32-36-30-20-10-11-21-31(30)37(32)25-33(39)38(28-16-5-2-6-17-28)29-18-7-3-8-19-29/h10-11,13-15,20-21,24,28-29H,2-9,12,16-19,22-23,25H2,1H3,(H,35,40). The highest BCUT2D eigenvalue weighted by atomic mass is 16.2. The van der Waals surface area contributed by atoms with Crippen molar-refractivity contribution in [3.8, 4) is 0 Å². The first-order chi connectivity index (χ1) is 19.6. The van der Waals surface area contributed by atoms with Gasteiger partial charge in [-0.2, -0.15) is 0 Å². The molecule has 5 rings (SSSR count). The molecular formula is C34H46N4O2. The zero-order chi connectivity index (χ0) is 27.7. The summed E-state index contributed by atoms with van der Waals surface area (Å²) in [5.41, 5.74) is 3.84. The molecule has 0 radical (unpaired) electrons. The van der Waals surface area contributed by atoms with Gasteiger partial charge in [-0.25, -0.2) is 4.98 Å². The summed E-state index contributed by atoms with van der Waals surface area (Å²) in [5, 5.41) is 3.05. The van der Waals surface area contributed by atoms with Crippen LogP contribution in [0.25, 0.3) is 11.0 Å². The van der Waals surface area contributed by atoms with Crippen LogP contribution in [-0.4, -0.2) is 44.9 Å². The van der Waals surface area contributed by atoms with E-state index in [2.05, 4.69) is 26.9 Å². The fraction of sp³-hybridized carbons (Fsp3) is 0.559. The van der Waals surface area contributed by atoms with Gasteiger partial charge in [-0.05, 0) is 69.7 Å². The number of hydrogen-bond donors (Lipinski definition) is 1. The van der Waals surface area contributed by atoms with E-state index < -0.39 is 0 Å². The van der Waals surface area contributed by atoms with Crippen LogP contribution in [0.5, 0.6) is 0 Å². The number of aryl methyl sites for hydroxylation is 2. The molecule has 40 heavy (non-hydrogen) atoms. The number of carbonyl (C=O) groups excluding carboxylic acids is 2. The van der Waals surface area contributed by atoms with Gasteiger partial charge in [0.2, 0.25) is 5.91 Å². The minimum absolute atomic E-state index is 0.00973. The summed E-state index contributed by atoms with van der Waals surface area (Å²) in [6.45, 7) is 3.05. The minimum Gasteiger partial charge on any atom is -0.352 e. The van der Waals surface area contributed by atoms with E-state index in [-0.39, 0.29) is 11.8 Å². The second-order valence-corrected chi connectivity index (χ2v) is 11.9. The molecule has 1 N–H and O–H groups in total. The molecule has 1 aromatic heterocycles. The molecule has 2 aromatic carbocycles. The summed E-state index contributed by atoms with van der Waals surface area (Å²) in [6, 6.07) is 16.7. The molecule has 2 saturated carbocycles. The SMILES string of the molecule is Cc1cccc(C(=O)NCCCCCc2nc3ccccc3n2CC(=O)N(C2CCCCC2)C2CCCCC2)c1. The van der Waals surface area contributed by atoms with Gasteiger partial charge in [0.15, 0.2) is 0 Å². The Morgan fingerprint density at radius 2 is 1.57 bits per heavy atom. The van der Waals surface area contributed by atoms with Crippen molar-refractivity contribution in [3.63, 3.8) is 0 Å². The Morgan fingerprint density at radius 3 is 2.27 bits per heavy atom. The number of rotatable bonds is 11. The smallest absolute Gasteiger partial charge is 0.251 e.